The van der Waals surface area contributed by atoms with Crippen molar-refractivity contribution in [2.24, 2.45) is 5.92 Å². The standard InChI is InChI=1S/C25H29ClNO2/c1-3-27(2)18-17-25(29,16-15-20-7-5-4-6-8-20)23(19-27)24(28)14-11-21-9-12-22(26)13-10-21/h4-16,23,29H,3,17-19H2,1-2H3/q+1/b14-11+,16-15+. The summed E-state index contributed by atoms with van der Waals surface area (Å²) in [7, 11) is 2.16. The summed E-state index contributed by atoms with van der Waals surface area (Å²) in [5.41, 5.74) is 0.779. The molecule has 2 aromatic rings. The first-order chi connectivity index (χ1) is 13.8. The number of hydrogen-bond donors (Lipinski definition) is 1. The lowest BCUT2D eigenvalue weighted by Crippen LogP contribution is -2.61. The molecular formula is C25H29ClNO2+. The second-order valence-corrected chi connectivity index (χ2v) is 8.60. The summed E-state index contributed by atoms with van der Waals surface area (Å²) in [6.07, 6.45) is 7.70. The second kappa shape index (κ2) is 9.08. The van der Waals surface area contributed by atoms with Crippen LogP contribution in [0.5, 0.6) is 0 Å². The predicted octanol–water partition coefficient (Wildman–Crippen LogP) is 4.85. The number of rotatable bonds is 6. The summed E-state index contributed by atoms with van der Waals surface area (Å²) < 4.78 is 0.784. The molecular weight excluding hydrogens is 382 g/mol. The number of aliphatic hydroxyl groups is 1. The second-order valence-electron chi connectivity index (χ2n) is 8.17. The molecule has 0 aromatic heterocycles. The van der Waals surface area contributed by atoms with Crippen molar-refractivity contribution in [1.29, 1.82) is 0 Å². The zero-order chi connectivity index (χ0) is 20.9. The highest BCUT2D eigenvalue weighted by Crippen LogP contribution is 2.34. The van der Waals surface area contributed by atoms with Gasteiger partial charge in [0.05, 0.1) is 26.7 Å². The Kier molecular flexibility index (Phi) is 6.74. The van der Waals surface area contributed by atoms with Gasteiger partial charge in [-0.25, -0.2) is 0 Å². The van der Waals surface area contributed by atoms with Gasteiger partial charge in [0, 0.05) is 11.4 Å². The van der Waals surface area contributed by atoms with Crippen molar-refractivity contribution >= 4 is 29.5 Å². The molecule has 1 N–H and O–H groups in total. The molecule has 1 aliphatic rings. The first-order valence-electron chi connectivity index (χ1n) is 10.1. The van der Waals surface area contributed by atoms with Gasteiger partial charge < -0.3 is 9.59 Å². The van der Waals surface area contributed by atoms with E-state index >= 15 is 0 Å². The van der Waals surface area contributed by atoms with Crippen LogP contribution in [-0.4, -0.2) is 47.7 Å². The van der Waals surface area contributed by atoms with Gasteiger partial charge in [0.25, 0.3) is 0 Å². The number of likely N-dealkylation sites (tertiary alicyclic amines) is 1. The van der Waals surface area contributed by atoms with Crippen LogP contribution in [0.2, 0.25) is 5.02 Å². The van der Waals surface area contributed by atoms with Gasteiger partial charge in [-0.2, -0.15) is 0 Å². The maximum Gasteiger partial charge on any atom is 0.167 e. The Balaban J connectivity index is 1.85. The van der Waals surface area contributed by atoms with E-state index in [2.05, 4.69) is 14.0 Å². The minimum Gasteiger partial charge on any atom is -0.385 e. The predicted molar refractivity (Wildman–Crippen MR) is 120 cm³/mol. The Morgan fingerprint density at radius 3 is 2.45 bits per heavy atom. The van der Waals surface area contributed by atoms with E-state index in [-0.39, 0.29) is 5.78 Å². The van der Waals surface area contributed by atoms with E-state index in [1.165, 1.54) is 0 Å². The van der Waals surface area contributed by atoms with Gasteiger partial charge >= 0.3 is 0 Å². The van der Waals surface area contributed by atoms with E-state index in [0.29, 0.717) is 18.0 Å². The van der Waals surface area contributed by atoms with Crippen molar-refractivity contribution in [3.05, 3.63) is 82.9 Å². The van der Waals surface area contributed by atoms with Gasteiger partial charge in [-0.3, -0.25) is 4.79 Å². The van der Waals surface area contributed by atoms with E-state index in [1.54, 1.807) is 24.3 Å². The quantitative estimate of drug-likeness (QED) is 0.545. The molecule has 1 heterocycles. The molecule has 2 aromatic carbocycles. The molecule has 3 nitrogen and oxygen atoms in total. The molecule has 1 fully saturated rings. The molecule has 0 spiro atoms. The monoisotopic (exact) mass is 410 g/mol. The fourth-order valence-electron chi connectivity index (χ4n) is 3.81. The lowest BCUT2D eigenvalue weighted by molar-refractivity contribution is -0.916. The Morgan fingerprint density at radius 2 is 1.79 bits per heavy atom. The molecule has 3 atom stereocenters. The smallest absolute Gasteiger partial charge is 0.167 e. The van der Waals surface area contributed by atoms with Crippen molar-refractivity contribution in [1.82, 2.24) is 0 Å². The summed E-state index contributed by atoms with van der Waals surface area (Å²) in [6, 6.07) is 17.2. The number of nitrogens with zero attached hydrogens (tertiary/aromatic N) is 1. The fourth-order valence-corrected chi connectivity index (χ4v) is 3.94. The third-order valence-corrected chi connectivity index (χ3v) is 6.31. The molecule has 3 unspecified atom stereocenters. The number of carbonyl (C=O) groups is 1. The number of benzene rings is 2. The first kappa shape index (κ1) is 21.5. The highest BCUT2D eigenvalue weighted by atomic mass is 35.5. The SMILES string of the molecule is CC[N+]1(C)CCC(O)(/C=C/c2ccccc2)C(C(=O)/C=C/c2ccc(Cl)cc2)C1. The minimum absolute atomic E-state index is 0.0438. The van der Waals surface area contributed by atoms with E-state index in [4.69, 9.17) is 11.6 Å². The molecule has 0 saturated carbocycles. The molecule has 4 heteroatoms. The van der Waals surface area contributed by atoms with Crippen molar-refractivity contribution in [2.75, 3.05) is 26.7 Å². The van der Waals surface area contributed by atoms with Crippen LogP contribution in [0.3, 0.4) is 0 Å². The fraction of sp³-hybridized carbons (Fsp3) is 0.320. The zero-order valence-corrected chi connectivity index (χ0v) is 17.8. The molecule has 0 aliphatic carbocycles. The number of halogens is 1. The van der Waals surface area contributed by atoms with Crippen molar-refractivity contribution < 1.29 is 14.4 Å². The van der Waals surface area contributed by atoms with Gasteiger partial charge in [0.2, 0.25) is 0 Å². The summed E-state index contributed by atoms with van der Waals surface area (Å²) in [5, 5.41) is 12.1. The summed E-state index contributed by atoms with van der Waals surface area (Å²) in [4.78, 5) is 13.2. The van der Waals surface area contributed by atoms with Crippen LogP contribution in [0, 0.1) is 5.92 Å². The average molecular weight is 411 g/mol. The van der Waals surface area contributed by atoms with E-state index < -0.39 is 11.5 Å². The lowest BCUT2D eigenvalue weighted by Gasteiger charge is -2.46. The van der Waals surface area contributed by atoms with Crippen molar-refractivity contribution in [2.45, 2.75) is 18.9 Å². The van der Waals surface area contributed by atoms with Gasteiger partial charge in [0.1, 0.15) is 11.5 Å². The number of quaternary nitrogens is 1. The van der Waals surface area contributed by atoms with Gasteiger partial charge in [-0.15, -0.1) is 0 Å². The molecule has 152 valence electrons. The summed E-state index contributed by atoms with van der Waals surface area (Å²) in [5.74, 6) is -0.526. The molecule has 0 amide bonds. The minimum atomic E-state index is -1.15. The molecule has 0 radical (unpaired) electrons. The van der Waals surface area contributed by atoms with E-state index in [0.717, 1.165) is 28.7 Å². The Morgan fingerprint density at radius 1 is 1.14 bits per heavy atom. The molecule has 3 rings (SSSR count). The van der Waals surface area contributed by atoms with Crippen LogP contribution in [0.15, 0.2) is 66.7 Å². The maximum atomic E-state index is 13.2. The Hall–Kier alpha value is -2.20. The van der Waals surface area contributed by atoms with Gasteiger partial charge in [0.15, 0.2) is 5.78 Å². The molecule has 29 heavy (non-hydrogen) atoms. The Bertz CT molecular complexity index is 891. The van der Waals surface area contributed by atoms with Crippen LogP contribution in [-0.2, 0) is 4.79 Å². The highest BCUT2D eigenvalue weighted by molar-refractivity contribution is 6.30. The van der Waals surface area contributed by atoms with Crippen LogP contribution in [0.25, 0.3) is 12.2 Å². The third kappa shape index (κ3) is 5.45. The van der Waals surface area contributed by atoms with Crippen molar-refractivity contribution in [3.8, 4) is 0 Å². The number of carbonyl (C=O) groups excluding carboxylic acids is 1. The van der Waals surface area contributed by atoms with Gasteiger partial charge in [-0.05, 0) is 36.3 Å². The highest BCUT2D eigenvalue weighted by Gasteiger charge is 2.48. The lowest BCUT2D eigenvalue weighted by atomic mass is 9.76. The van der Waals surface area contributed by atoms with E-state index in [9.17, 15) is 9.90 Å². The first-order valence-corrected chi connectivity index (χ1v) is 10.5. The largest absolute Gasteiger partial charge is 0.385 e. The maximum absolute atomic E-state index is 13.2. The number of ketones is 1. The average Bonchev–Trinajstić information content (AvgIpc) is 2.74. The van der Waals surface area contributed by atoms with Crippen LogP contribution in [0.4, 0.5) is 0 Å². The van der Waals surface area contributed by atoms with Gasteiger partial charge in [-0.1, -0.05) is 72.3 Å². The van der Waals surface area contributed by atoms with Crippen LogP contribution < -0.4 is 0 Å². The van der Waals surface area contributed by atoms with Crippen LogP contribution >= 0.6 is 11.6 Å². The molecule has 0 bridgehead atoms. The number of hydrogen-bond acceptors (Lipinski definition) is 2. The normalized spacial score (nSPS) is 27.5. The Labute approximate surface area is 178 Å². The number of piperidine rings is 1. The number of allylic oxidation sites excluding steroid dienone is 1. The van der Waals surface area contributed by atoms with E-state index in [1.807, 2.05) is 54.6 Å². The van der Waals surface area contributed by atoms with Crippen molar-refractivity contribution in [3.63, 3.8) is 0 Å². The zero-order valence-electron chi connectivity index (χ0n) is 17.1. The summed E-state index contributed by atoms with van der Waals surface area (Å²) in [6.45, 7) is 4.53. The topological polar surface area (TPSA) is 37.3 Å². The summed E-state index contributed by atoms with van der Waals surface area (Å²) >= 11 is 5.93. The molecule has 1 saturated heterocycles. The van der Waals surface area contributed by atoms with Crippen LogP contribution in [0.1, 0.15) is 24.5 Å². The third-order valence-electron chi connectivity index (χ3n) is 6.06. The molecule has 1 aliphatic heterocycles.